The molecule has 0 amide bonds. The number of phenolic OH excluding ortho intramolecular Hbond substituents is 1. The van der Waals surface area contributed by atoms with E-state index in [2.05, 4.69) is 0 Å². The molecule has 0 aliphatic carbocycles. The Hall–Kier alpha value is -4.66. The number of phenols is 1. The normalized spacial score (nSPS) is 17.0. The van der Waals surface area contributed by atoms with Gasteiger partial charge in [0.2, 0.25) is 5.78 Å². The Morgan fingerprint density at radius 3 is 2.22 bits per heavy atom. The topological polar surface area (TPSA) is 110 Å². The van der Waals surface area contributed by atoms with Gasteiger partial charge in [-0.2, -0.15) is 0 Å². The maximum atomic E-state index is 13.4. The average molecular weight is 504 g/mol. The third-order valence-corrected chi connectivity index (χ3v) is 6.41. The Labute approximate surface area is 212 Å². The van der Waals surface area contributed by atoms with Crippen LogP contribution in [0.5, 0.6) is 40.2 Å². The summed E-state index contributed by atoms with van der Waals surface area (Å²) < 4.78 is 32.9. The molecule has 1 atom stereocenters. The second kappa shape index (κ2) is 9.42. The first-order valence-corrected chi connectivity index (χ1v) is 11.4. The van der Waals surface area contributed by atoms with Crippen LogP contribution in [0.2, 0.25) is 0 Å². The number of ketones is 1. The van der Waals surface area contributed by atoms with Crippen molar-refractivity contribution in [3.05, 3.63) is 70.5 Å². The molecule has 190 valence electrons. The molecule has 2 heterocycles. The molecule has 0 fully saturated rings. The first-order chi connectivity index (χ1) is 17.9. The van der Waals surface area contributed by atoms with Gasteiger partial charge >= 0.3 is 5.97 Å². The number of hydrogen-bond acceptors (Lipinski definition) is 9. The van der Waals surface area contributed by atoms with Gasteiger partial charge in [-0.1, -0.05) is 6.07 Å². The molecule has 9 heteroatoms. The number of allylic oxidation sites excluding steroid dienone is 1. The van der Waals surface area contributed by atoms with Crippen molar-refractivity contribution in [2.45, 2.75) is 12.3 Å². The largest absolute Gasteiger partial charge is 0.504 e. The van der Waals surface area contributed by atoms with Crippen molar-refractivity contribution in [3.63, 3.8) is 0 Å². The van der Waals surface area contributed by atoms with Gasteiger partial charge in [-0.25, -0.2) is 0 Å². The van der Waals surface area contributed by atoms with Crippen molar-refractivity contribution in [3.8, 4) is 40.2 Å². The number of aromatic hydroxyl groups is 1. The highest BCUT2D eigenvalue weighted by Gasteiger charge is 2.39. The minimum atomic E-state index is -0.509. The highest BCUT2D eigenvalue weighted by Crippen LogP contribution is 2.50. The zero-order valence-electron chi connectivity index (χ0n) is 20.6. The lowest BCUT2D eigenvalue weighted by atomic mass is 9.84. The van der Waals surface area contributed by atoms with Gasteiger partial charge in [-0.3, -0.25) is 9.59 Å². The summed E-state index contributed by atoms with van der Waals surface area (Å²) in [5.41, 5.74) is 2.09. The minimum absolute atomic E-state index is 0.00925. The molecule has 37 heavy (non-hydrogen) atoms. The third kappa shape index (κ3) is 4.08. The number of ether oxygens (including phenoxy) is 6. The maximum absolute atomic E-state index is 13.4. The average Bonchev–Trinajstić information content (AvgIpc) is 3.22. The molecule has 0 aromatic heterocycles. The van der Waals surface area contributed by atoms with Gasteiger partial charge in [-0.15, -0.1) is 0 Å². The molecule has 1 unspecified atom stereocenters. The summed E-state index contributed by atoms with van der Waals surface area (Å²) in [5, 5.41) is 10.3. The van der Waals surface area contributed by atoms with E-state index in [9.17, 15) is 14.7 Å². The van der Waals surface area contributed by atoms with E-state index in [-0.39, 0.29) is 23.7 Å². The van der Waals surface area contributed by atoms with Gasteiger partial charge < -0.3 is 33.5 Å². The van der Waals surface area contributed by atoms with E-state index in [1.165, 1.54) is 34.5 Å². The second-order valence-electron chi connectivity index (χ2n) is 8.41. The van der Waals surface area contributed by atoms with Crippen LogP contribution in [0.3, 0.4) is 0 Å². The molecule has 5 rings (SSSR count). The van der Waals surface area contributed by atoms with Crippen molar-refractivity contribution >= 4 is 17.8 Å². The molecule has 0 radical (unpaired) electrons. The lowest BCUT2D eigenvalue weighted by molar-refractivity contribution is -0.135. The van der Waals surface area contributed by atoms with Gasteiger partial charge in [0.1, 0.15) is 17.2 Å². The molecule has 0 saturated carbocycles. The number of carbonyl (C=O) groups is 2. The number of fused-ring (bicyclic) bond motifs is 3. The van der Waals surface area contributed by atoms with E-state index in [0.29, 0.717) is 56.8 Å². The van der Waals surface area contributed by atoms with Crippen LogP contribution in [0.4, 0.5) is 0 Å². The quantitative estimate of drug-likeness (QED) is 0.295. The summed E-state index contributed by atoms with van der Waals surface area (Å²) in [6.45, 7) is 0. The Morgan fingerprint density at radius 2 is 1.54 bits per heavy atom. The summed E-state index contributed by atoms with van der Waals surface area (Å²) >= 11 is 0. The molecule has 3 aromatic carbocycles. The van der Waals surface area contributed by atoms with Crippen molar-refractivity contribution in [1.82, 2.24) is 0 Å². The maximum Gasteiger partial charge on any atom is 0.312 e. The van der Waals surface area contributed by atoms with Crippen LogP contribution in [-0.2, 0) is 4.79 Å². The fourth-order valence-electron chi connectivity index (χ4n) is 4.62. The predicted octanol–water partition coefficient (Wildman–Crippen LogP) is 4.48. The fraction of sp³-hybridized carbons (Fsp3) is 0.214. The molecule has 0 spiro atoms. The lowest BCUT2D eigenvalue weighted by Crippen LogP contribution is -2.21. The number of benzene rings is 3. The fourth-order valence-corrected chi connectivity index (χ4v) is 4.62. The number of Topliss-reactive ketones (excluding diaryl/α,β-unsaturated/α-hetero) is 1. The molecular formula is C28H24O9. The molecule has 2 aliphatic heterocycles. The molecule has 0 saturated heterocycles. The van der Waals surface area contributed by atoms with Crippen molar-refractivity contribution in [1.29, 1.82) is 0 Å². The van der Waals surface area contributed by atoms with Crippen LogP contribution in [0.15, 0.2) is 48.2 Å². The third-order valence-electron chi connectivity index (χ3n) is 6.41. The van der Waals surface area contributed by atoms with Crippen LogP contribution in [0.25, 0.3) is 6.08 Å². The molecule has 9 nitrogen and oxygen atoms in total. The van der Waals surface area contributed by atoms with Crippen molar-refractivity contribution in [2.75, 3.05) is 28.4 Å². The van der Waals surface area contributed by atoms with Crippen LogP contribution >= 0.6 is 0 Å². The standard InChI is InChI=1S/C28H24O9/c1-32-19-7-5-14(9-18(19)29)17-12-25(30)36-20-8-6-16-27(31)24(37-28(16)26(17)20)11-15-10-22(34-3)23(35-4)13-21(15)33-2/h5-11,13,17,29H,12H2,1-4H3/b24-11+. The van der Waals surface area contributed by atoms with E-state index in [0.717, 1.165) is 0 Å². The van der Waals surface area contributed by atoms with Crippen molar-refractivity contribution in [2.24, 2.45) is 0 Å². The van der Waals surface area contributed by atoms with E-state index in [1.807, 2.05) is 0 Å². The van der Waals surface area contributed by atoms with Crippen LogP contribution < -0.4 is 28.4 Å². The summed E-state index contributed by atoms with van der Waals surface area (Å²) in [6, 6.07) is 11.4. The van der Waals surface area contributed by atoms with E-state index < -0.39 is 11.9 Å². The SMILES string of the molecule is COc1ccc(C2CC(=O)Oc3ccc4c(c32)O/C(=C/c2cc(OC)c(OC)cc2OC)C4=O)cc1O. The smallest absolute Gasteiger partial charge is 0.312 e. The van der Waals surface area contributed by atoms with Gasteiger partial charge in [0.25, 0.3) is 0 Å². The van der Waals surface area contributed by atoms with Gasteiger partial charge in [0.15, 0.2) is 28.8 Å². The predicted molar refractivity (Wildman–Crippen MR) is 132 cm³/mol. The Morgan fingerprint density at radius 1 is 0.838 bits per heavy atom. The summed E-state index contributed by atoms with van der Waals surface area (Å²) in [5.74, 6) is 1.05. The van der Waals surface area contributed by atoms with Crippen LogP contribution in [-0.4, -0.2) is 45.3 Å². The second-order valence-corrected chi connectivity index (χ2v) is 8.41. The zero-order chi connectivity index (χ0) is 26.3. The molecule has 0 bridgehead atoms. The highest BCUT2D eigenvalue weighted by molar-refractivity contribution is 6.15. The first kappa shape index (κ1) is 24.1. The highest BCUT2D eigenvalue weighted by atomic mass is 16.5. The van der Waals surface area contributed by atoms with Gasteiger partial charge in [0, 0.05) is 23.1 Å². The number of carbonyl (C=O) groups excluding carboxylic acids is 2. The van der Waals surface area contributed by atoms with Crippen molar-refractivity contribution < 1.29 is 43.1 Å². The summed E-state index contributed by atoms with van der Waals surface area (Å²) in [6.07, 6.45) is 1.58. The number of esters is 1. The Balaban J connectivity index is 1.60. The van der Waals surface area contributed by atoms with E-state index >= 15 is 0 Å². The monoisotopic (exact) mass is 504 g/mol. The van der Waals surface area contributed by atoms with Crippen LogP contribution in [0.1, 0.15) is 39.4 Å². The molecule has 3 aromatic rings. The Kier molecular flexibility index (Phi) is 6.12. The van der Waals surface area contributed by atoms with Gasteiger partial charge in [-0.05, 0) is 42.0 Å². The van der Waals surface area contributed by atoms with Crippen LogP contribution in [0, 0.1) is 0 Å². The first-order valence-electron chi connectivity index (χ1n) is 11.4. The van der Waals surface area contributed by atoms with Gasteiger partial charge in [0.05, 0.1) is 40.4 Å². The number of rotatable bonds is 6. The summed E-state index contributed by atoms with van der Waals surface area (Å²) in [7, 11) is 5.99. The molecule has 1 N–H and O–H groups in total. The number of methoxy groups -OCH3 is 4. The minimum Gasteiger partial charge on any atom is -0.504 e. The molecule has 2 aliphatic rings. The lowest BCUT2D eigenvalue weighted by Gasteiger charge is -2.26. The Bertz CT molecular complexity index is 1450. The molecular weight excluding hydrogens is 480 g/mol. The van der Waals surface area contributed by atoms with E-state index in [4.69, 9.17) is 28.4 Å². The zero-order valence-corrected chi connectivity index (χ0v) is 20.6. The number of hydrogen-bond donors (Lipinski definition) is 1. The summed E-state index contributed by atoms with van der Waals surface area (Å²) in [4.78, 5) is 25.8. The van der Waals surface area contributed by atoms with E-state index in [1.54, 1.807) is 42.5 Å².